The van der Waals surface area contributed by atoms with Gasteiger partial charge in [0.2, 0.25) is 0 Å². The molecule has 3 heteroatoms. The van der Waals surface area contributed by atoms with Crippen LogP contribution in [0.4, 0.5) is 0 Å². The van der Waals surface area contributed by atoms with Crippen molar-refractivity contribution in [2.24, 2.45) is 11.8 Å². The van der Waals surface area contributed by atoms with Gasteiger partial charge < -0.3 is 4.74 Å². The van der Waals surface area contributed by atoms with Gasteiger partial charge in [-0.2, -0.15) is 0 Å². The smallest absolute Gasteiger partial charge is 0.127 e. The number of hydrogen-bond acceptors (Lipinski definition) is 1. The molecule has 0 aromatic carbocycles. The molecule has 2 aliphatic carbocycles. The first-order valence-electron chi connectivity index (χ1n) is 5.06. The van der Waals surface area contributed by atoms with Gasteiger partial charge in [0.1, 0.15) is 4.33 Å². The molecule has 0 radical (unpaired) electrons. The van der Waals surface area contributed by atoms with Crippen molar-refractivity contribution >= 4 is 23.2 Å². The Kier molecular flexibility index (Phi) is 2.55. The summed E-state index contributed by atoms with van der Waals surface area (Å²) in [4.78, 5) is 0. The number of alkyl halides is 2. The molecule has 2 aliphatic rings. The molecule has 0 aromatic heterocycles. The van der Waals surface area contributed by atoms with Crippen LogP contribution in [0.15, 0.2) is 0 Å². The van der Waals surface area contributed by atoms with Crippen molar-refractivity contribution in [2.75, 3.05) is 0 Å². The molecular formula is C10H16Cl2O. The largest absolute Gasteiger partial charge is 0.375 e. The SMILES string of the molecule is CC(C)O[C@@H]1CCC[C@H]2[C@H]1C2(Cl)Cl. The second-order valence-corrected chi connectivity index (χ2v) is 5.91. The fraction of sp³-hybridized carbons (Fsp3) is 1.00. The minimum atomic E-state index is -0.476. The Morgan fingerprint density at radius 2 is 2.00 bits per heavy atom. The van der Waals surface area contributed by atoms with Crippen molar-refractivity contribution in [3.05, 3.63) is 0 Å². The van der Waals surface area contributed by atoms with Gasteiger partial charge in [-0.1, -0.05) is 6.42 Å². The van der Waals surface area contributed by atoms with E-state index in [4.69, 9.17) is 27.9 Å². The summed E-state index contributed by atoms with van der Waals surface area (Å²) in [6.45, 7) is 4.13. The van der Waals surface area contributed by atoms with Crippen molar-refractivity contribution in [3.63, 3.8) is 0 Å². The highest BCUT2D eigenvalue weighted by atomic mass is 35.5. The zero-order valence-electron chi connectivity index (χ0n) is 8.09. The average Bonchev–Trinajstić information content (AvgIpc) is 2.55. The molecule has 0 bridgehead atoms. The fourth-order valence-corrected chi connectivity index (χ4v) is 3.47. The maximum absolute atomic E-state index is 6.18. The summed E-state index contributed by atoms with van der Waals surface area (Å²) in [5.41, 5.74) is 0. The third kappa shape index (κ3) is 1.71. The summed E-state index contributed by atoms with van der Waals surface area (Å²) in [5.74, 6) is 0.889. The summed E-state index contributed by atoms with van der Waals surface area (Å²) in [6.07, 6.45) is 4.10. The highest BCUT2D eigenvalue weighted by molar-refractivity contribution is 6.51. The first-order valence-corrected chi connectivity index (χ1v) is 5.82. The predicted molar refractivity (Wildman–Crippen MR) is 55.3 cm³/mol. The molecule has 0 heterocycles. The highest BCUT2D eigenvalue weighted by Crippen LogP contribution is 2.65. The molecule has 2 saturated carbocycles. The molecule has 2 rings (SSSR count). The Morgan fingerprint density at radius 3 is 2.62 bits per heavy atom. The van der Waals surface area contributed by atoms with E-state index in [2.05, 4.69) is 13.8 Å². The monoisotopic (exact) mass is 222 g/mol. The summed E-state index contributed by atoms with van der Waals surface area (Å²) in [7, 11) is 0. The van der Waals surface area contributed by atoms with Crippen LogP contribution in [0.25, 0.3) is 0 Å². The molecular weight excluding hydrogens is 207 g/mol. The van der Waals surface area contributed by atoms with Crippen molar-refractivity contribution in [1.29, 1.82) is 0 Å². The molecule has 0 N–H and O–H groups in total. The second-order valence-electron chi connectivity index (χ2n) is 4.46. The maximum Gasteiger partial charge on any atom is 0.127 e. The third-order valence-corrected chi connectivity index (χ3v) is 4.18. The van der Waals surface area contributed by atoms with Crippen LogP contribution in [0.2, 0.25) is 0 Å². The molecule has 0 aliphatic heterocycles. The topological polar surface area (TPSA) is 9.23 Å². The van der Waals surface area contributed by atoms with Crippen LogP contribution >= 0.6 is 23.2 Å². The molecule has 13 heavy (non-hydrogen) atoms. The number of hydrogen-bond donors (Lipinski definition) is 0. The molecule has 1 nitrogen and oxygen atoms in total. The van der Waals surface area contributed by atoms with E-state index in [1.54, 1.807) is 0 Å². The first kappa shape index (κ1) is 10.1. The van der Waals surface area contributed by atoms with E-state index in [1.807, 2.05) is 0 Å². The van der Waals surface area contributed by atoms with Crippen LogP contribution in [-0.4, -0.2) is 16.5 Å². The normalized spacial score (nSPS) is 41.8. The van der Waals surface area contributed by atoms with Crippen LogP contribution in [0.3, 0.4) is 0 Å². The van der Waals surface area contributed by atoms with Crippen LogP contribution in [0, 0.1) is 11.8 Å². The van der Waals surface area contributed by atoms with Gasteiger partial charge in [0, 0.05) is 11.8 Å². The molecule has 0 unspecified atom stereocenters. The molecule has 0 saturated heterocycles. The molecule has 0 spiro atoms. The van der Waals surface area contributed by atoms with E-state index in [0.29, 0.717) is 17.9 Å². The lowest BCUT2D eigenvalue weighted by molar-refractivity contribution is -0.0211. The third-order valence-electron chi connectivity index (χ3n) is 3.11. The Labute approximate surface area is 89.7 Å². The van der Waals surface area contributed by atoms with Crippen LogP contribution in [-0.2, 0) is 4.74 Å². The van der Waals surface area contributed by atoms with Gasteiger partial charge in [-0.25, -0.2) is 0 Å². The number of rotatable bonds is 2. The average molecular weight is 223 g/mol. The molecule has 3 atom stereocenters. The van der Waals surface area contributed by atoms with Gasteiger partial charge in [-0.05, 0) is 26.7 Å². The Balaban J connectivity index is 1.98. The van der Waals surface area contributed by atoms with E-state index >= 15 is 0 Å². The zero-order chi connectivity index (χ0) is 9.64. The van der Waals surface area contributed by atoms with E-state index in [0.717, 1.165) is 6.42 Å². The van der Waals surface area contributed by atoms with E-state index < -0.39 is 4.33 Å². The van der Waals surface area contributed by atoms with Gasteiger partial charge >= 0.3 is 0 Å². The zero-order valence-corrected chi connectivity index (χ0v) is 9.61. The number of ether oxygens (including phenoxy) is 1. The molecule has 76 valence electrons. The lowest BCUT2D eigenvalue weighted by atomic mass is 9.98. The molecule has 0 amide bonds. The highest BCUT2D eigenvalue weighted by Gasteiger charge is 2.67. The summed E-state index contributed by atoms with van der Waals surface area (Å²) < 4.78 is 5.34. The quantitative estimate of drug-likeness (QED) is 0.652. The second kappa shape index (κ2) is 3.29. The lowest BCUT2D eigenvalue weighted by Crippen LogP contribution is -2.24. The fourth-order valence-electron chi connectivity index (χ4n) is 2.52. The Hall–Kier alpha value is 0.540. The van der Waals surface area contributed by atoms with E-state index in [1.165, 1.54) is 12.8 Å². The minimum Gasteiger partial charge on any atom is -0.375 e. The van der Waals surface area contributed by atoms with Gasteiger partial charge in [0.25, 0.3) is 0 Å². The first-order chi connectivity index (χ1) is 6.03. The van der Waals surface area contributed by atoms with Crippen LogP contribution < -0.4 is 0 Å². The van der Waals surface area contributed by atoms with Gasteiger partial charge in [-0.15, -0.1) is 23.2 Å². The van der Waals surface area contributed by atoms with Gasteiger partial charge in [-0.3, -0.25) is 0 Å². The Morgan fingerprint density at radius 1 is 1.31 bits per heavy atom. The number of fused-ring (bicyclic) bond motifs is 1. The minimum absolute atomic E-state index is 0.286. The Bertz CT molecular complexity index is 203. The van der Waals surface area contributed by atoms with Crippen LogP contribution in [0.5, 0.6) is 0 Å². The summed E-state index contributed by atoms with van der Waals surface area (Å²) in [5, 5.41) is 0. The predicted octanol–water partition coefficient (Wildman–Crippen LogP) is 3.38. The van der Waals surface area contributed by atoms with Crippen molar-refractivity contribution in [1.82, 2.24) is 0 Å². The van der Waals surface area contributed by atoms with Crippen LogP contribution in [0.1, 0.15) is 33.1 Å². The lowest BCUT2D eigenvalue weighted by Gasteiger charge is -2.23. The van der Waals surface area contributed by atoms with E-state index in [9.17, 15) is 0 Å². The van der Waals surface area contributed by atoms with Crippen molar-refractivity contribution in [3.8, 4) is 0 Å². The van der Waals surface area contributed by atoms with Crippen molar-refractivity contribution in [2.45, 2.75) is 49.7 Å². The standard InChI is InChI=1S/C10H16Cl2O/c1-6(2)13-8-5-3-4-7-9(8)10(7,11)12/h6-9H,3-5H2,1-2H3/t7-,8+,9+/m0/s1. The summed E-state index contributed by atoms with van der Waals surface area (Å²) in [6, 6.07) is 0. The number of halogens is 2. The van der Waals surface area contributed by atoms with Gasteiger partial charge in [0.15, 0.2) is 0 Å². The molecule has 2 fully saturated rings. The van der Waals surface area contributed by atoms with Crippen molar-refractivity contribution < 1.29 is 4.74 Å². The summed E-state index contributed by atoms with van der Waals surface area (Å²) >= 11 is 12.4. The maximum atomic E-state index is 6.18. The van der Waals surface area contributed by atoms with Gasteiger partial charge in [0.05, 0.1) is 12.2 Å². The molecule has 0 aromatic rings. The van der Waals surface area contributed by atoms with E-state index in [-0.39, 0.29) is 6.10 Å².